The largest absolute Gasteiger partial charge is 0.543 e. The zero-order valence-electron chi connectivity index (χ0n) is 22.5. The summed E-state index contributed by atoms with van der Waals surface area (Å²) in [5, 5.41) is 26.6. The summed E-state index contributed by atoms with van der Waals surface area (Å²) in [6.45, 7) is 0.365. The van der Waals surface area contributed by atoms with Crippen molar-refractivity contribution < 1.29 is 38.2 Å². The number of oxime groups is 1. The van der Waals surface area contributed by atoms with Crippen molar-refractivity contribution >= 4 is 68.8 Å². The fraction of sp³-hybridized carbons (Fsp3) is 0.185. The standard InChI is InChI=1S/C27H22N8O7S2/c28-26-31-21(33-41-26)18(32-42-27(40)29-10-14-4-2-1-3-5-14)22(36)30-19-23(37)35-20(25(38)39)16(13-44-24(19)35)12-34-8-6-17-15(11-34)7-9-43-17/h1-9,11,19,24H,10,12-13H2,(H4-,28,29,30,31,33,36,38,39,40)/b32-18-/t19?,24-/m1/s1. The van der Waals surface area contributed by atoms with E-state index in [1.54, 1.807) is 35.6 Å². The summed E-state index contributed by atoms with van der Waals surface area (Å²) in [6, 6.07) is 11.4. The minimum Gasteiger partial charge on any atom is -0.543 e. The lowest BCUT2D eigenvalue weighted by atomic mass is 10.0. The monoisotopic (exact) mass is 634 g/mol. The van der Waals surface area contributed by atoms with Gasteiger partial charge in [0.2, 0.25) is 11.5 Å². The van der Waals surface area contributed by atoms with Crippen molar-refractivity contribution in [3.63, 3.8) is 0 Å². The van der Waals surface area contributed by atoms with Crippen LogP contribution in [0.2, 0.25) is 0 Å². The number of fused-ring (bicyclic) bond motifs is 2. The summed E-state index contributed by atoms with van der Waals surface area (Å²) in [6.07, 6.45) is 2.77. The number of benzene rings is 1. The molecule has 0 radical (unpaired) electrons. The maximum atomic E-state index is 13.2. The Balaban J connectivity index is 1.16. The van der Waals surface area contributed by atoms with Crippen LogP contribution in [0.1, 0.15) is 11.4 Å². The minimum atomic E-state index is -1.50. The highest BCUT2D eigenvalue weighted by Crippen LogP contribution is 2.40. The van der Waals surface area contributed by atoms with Gasteiger partial charge in [-0.2, -0.15) is 4.98 Å². The lowest BCUT2D eigenvalue weighted by Crippen LogP contribution is -2.71. The van der Waals surface area contributed by atoms with Crippen LogP contribution in [0.15, 0.2) is 81.2 Å². The van der Waals surface area contributed by atoms with Crippen molar-refractivity contribution in [3.05, 3.63) is 82.9 Å². The number of aromatic nitrogens is 3. The molecule has 17 heteroatoms. The Morgan fingerprint density at radius 1 is 1.23 bits per heavy atom. The van der Waals surface area contributed by atoms with Gasteiger partial charge >= 0.3 is 12.1 Å². The number of nitrogens with zero attached hydrogens (tertiary/aromatic N) is 5. The van der Waals surface area contributed by atoms with Crippen LogP contribution in [0, 0.1) is 0 Å². The molecular weight excluding hydrogens is 612 g/mol. The molecule has 5 heterocycles. The highest BCUT2D eigenvalue weighted by molar-refractivity contribution is 8.00. The molecule has 4 aromatic rings. The average Bonchev–Trinajstić information content (AvgIpc) is 3.67. The molecule has 0 spiro atoms. The van der Waals surface area contributed by atoms with Crippen molar-refractivity contribution in [2.45, 2.75) is 24.5 Å². The molecule has 3 aromatic heterocycles. The van der Waals surface area contributed by atoms with Crippen LogP contribution in [0.5, 0.6) is 0 Å². The van der Waals surface area contributed by atoms with Gasteiger partial charge in [-0.25, -0.2) is 9.36 Å². The number of β-lactam (4-membered cyclic amide) rings is 1. The number of carbonyl (C=O) groups is 4. The Hall–Kier alpha value is -5.29. The fourth-order valence-electron chi connectivity index (χ4n) is 4.68. The Bertz CT molecular complexity index is 1840. The number of nitrogens with two attached hydrogens (primary N) is 1. The topological polar surface area (TPSA) is 209 Å². The van der Waals surface area contributed by atoms with Gasteiger partial charge in [-0.05, 0) is 17.0 Å². The van der Waals surface area contributed by atoms with Crippen LogP contribution >= 0.6 is 23.1 Å². The second-order valence-corrected chi connectivity index (χ2v) is 11.6. The maximum Gasteiger partial charge on any atom is 0.433 e. The number of carboxylic acid groups (broad SMARTS) is 1. The van der Waals surface area contributed by atoms with Gasteiger partial charge in [0.25, 0.3) is 11.8 Å². The van der Waals surface area contributed by atoms with Crippen molar-refractivity contribution in [2.24, 2.45) is 5.16 Å². The molecule has 3 amide bonds. The number of thioether (sulfide) groups is 1. The van der Waals surface area contributed by atoms with Crippen molar-refractivity contribution in [1.29, 1.82) is 0 Å². The second kappa shape index (κ2) is 12.1. The summed E-state index contributed by atoms with van der Waals surface area (Å²) in [5.41, 5.74) is 5.94. The van der Waals surface area contributed by atoms with Gasteiger partial charge in [-0.15, -0.1) is 23.1 Å². The molecule has 2 atom stereocenters. The lowest BCUT2D eigenvalue weighted by Gasteiger charge is -2.50. The summed E-state index contributed by atoms with van der Waals surface area (Å²) >= 11 is 2.87. The van der Waals surface area contributed by atoms with E-state index in [1.807, 2.05) is 40.5 Å². The highest BCUT2D eigenvalue weighted by atomic mass is 32.2. The van der Waals surface area contributed by atoms with Crippen molar-refractivity contribution in [3.8, 4) is 0 Å². The third-order valence-corrected chi connectivity index (χ3v) is 8.96. The predicted octanol–water partition coefficient (Wildman–Crippen LogP) is -0.111. The summed E-state index contributed by atoms with van der Waals surface area (Å²) in [5.74, 6) is -3.27. The molecule has 6 rings (SSSR count). The normalized spacial score (nSPS) is 18.0. The number of amides is 3. The van der Waals surface area contributed by atoms with E-state index in [0.29, 0.717) is 5.57 Å². The maximum absolute atomic E-state index is 13.2. The molecule has 44 heavy (non-hydrogen) atoms. The van der Waals surface area contributed by atoms with E-state index in [0.717, 1.165) is 20.5 Å². The van der Waals surface area contributed by atoms with E-state index >= 15 is 0 Å². The van der Waals surface area contributed by atoms with Gasteiger partial charge in [0, 0.05) is 28.6 Å². The number of hydrogen-bond acceptors (Lipinski definition) is 13. The molecule has 0 aliphatic carbocycles. The van der Waals surface area contributed by atoms with E-state index < -0.39 is 46.8 Å². The van der Waals surface area contributed by atoms with Crippen molar-refractivity contribution in [2.75, 3.05) is 11.5 Å². The fourth-order valence-corrected chi connectivity index (χ4v) is 6.78. The van der Waals surface area contributed by atoms with Gasteiger partial charge in [0.15, 0.2) is 18.9 Å². The number of nitrogen functional groups attached to an aromatic ring is 1. The van der Waals surface area contributed by atoms with E-state index in [9.17, 15) is 24.3 Å². The Morgan fingerprint density at radius 3 is 2.80 bits per heavy atom. The van der Waals surface area contributed by atoms with Gasteiger partial charge in [-0.1, -0.05) is 40.6 Å². The quantitative estimate of drug-likeness (QED) is 0.0727. The van der Waals surface area contributed by atoms with Crippen LogP contribution in [0.25, 0.3) is 10.1 Å². The number of rotatable bonds is 9. The third-order valence-electron chi connectivity index (χ3n) is 6.72. The van der Waals surface area contributed by atoms with Crippen molar-refractivity contribution in [1.82, 2.24) is 25.7 Å². The number of anilines is 1. The first-order valence-corrected chi connectivity index (χ1v) is 14.9. The number of carboxylic acids is 1. The third kappa shape index (κ3) is 5.82. The van der Waals surface area contributed by atoms with Crippen LogP contribution in [-0.4, -0.2) is 61.8 Å². The minimum absolute atomic E-state index is 0.133. The molecule has 1 fully saturated rings. The molecule has 0 saturated carbocycles. The predicted molar refractivity (Wildman–Crippen MR) is 154 cm³/mol. The number of hydrogen-bond donors (Lipinski definition) is 3. The molecule has 1 unspecified atom stereocenters. The summed E-state index contributed by atoms with van der Waals surface area (Å²) in [4.78, 5) is 60.6. The number of aliphatic carboxylic acids is 1. The van der Waals surface area contributed by atoms with E-state index in [-0.39, 0.29) is 30.6 Å². The molecule has 0 bridgehead atoms. The number of carbonyl (C=O) groups excluding carboxylic acids is 4. The zero-order chi connectivity index (χ0) is 30.8. The first-order chi connectivity index (χ1) is 21.3. The van der Waals surface area contributed by atoms with Crippen LogP contribution in [0.4, 0.5) is 10.8 Å². The summed E-state index contributed by atoms with van der Waals surface area (Å²) in [7, 11) is 0. The molecule has 2 aliphatic rings. The molecule has 1 saturated heterocycles. The van der Waals surface area contributed by atoms with Crippen LogP contribution in [-0.2, 0) is 32.3 Å². The molecule has 1 aromatic carbocycles. The molecule has 15 nitrogen and oxygen atoms in total. The van der Waals surface area contributed by atoms with Gasteiger partial charge in [0.1, 0.15) is 11.4 Å². The lowest BCUT2D eigenvalue weighted by molar-refractivity contribution is -0.687. The smallest absolute Gasteiger partial charge is 0.433 e. The Kier molecular flexibility index (Phi) is 7.95. The van der Waals surface area contributed by atoms with Crippen LogP contribution < -0.4 is 26.0 Å². The van der Waals surface area contributed by atoms with E-state index in [4.69, 9.17) is 15.1 Å². The number of thiophene rings is 1. The van der Waals surface area contributed by atoms with E-state index in [2.05, 4.69) is 25.9 Å². The SMILES string of the molecule is Nc1nc(/C(=N/OC(=O)NCc2ccccc2)C(=O)NC2C(=O)N3C(C(=O)[O-])=C(C[n+]4ccc5sccc5c4)CS[C@H]23)no1. The highest BCUT2D eigenvalue weighted by Gasteiger charge is 2.53. The Morgan fingerprint density at radius 2 is 2.05 bits per heavy atom. The van der Waals surface area contributed by atoms with Gasteiger partial charge < -0.3 is 30.8 Å². The Labute approximate surface area is 256 Å². The van der Waals surface area contributed by atoms with Crippen LogP contribution in [0.3, 0.4) is 0 Å². The first kappa shape index (κ1) is 28.8. The molecule has 224 valence electrons. The van der Waals surface area contributed by atoms with Gasteiger partial charge in [0.05, 0.1) is 17.1 Å². The van der Waals surface area contributed by atoms with Gasteiger partial charge in [-0.3, -0.25) is 19.3 Å². The molecular formula is C27H22N8O7S2. The summed E-state index contributed by atoms with van der Waals surface area (Å²) < 4.78 is 7.65. The molecule has 2 aliphatic heterocycles. The average molecular weight is 635 g/mol. The number of nitrogens with one attached hydrogen (secondary N) is 2. The number of pyridine rings is 1. The zero-order valence-corrected chi connectivity index (χ0v) is 24.2. The second-order valence-electron chi connectivity index (χ2n) is 9.57. The van der Waals surface area contributed by atoms with E-state index in [1.165, 1.54) is 11.8 Å². The first-order valence-electron chi connectivity index (χ1n) is 13.0. The molecule has 4 N–H and O–H groups in total.